The molecule has 1 aromatic carbocycles. The molecule has 2 aromatic rings. The minimum Gasteiger partial charge on any atom is -0.450 e. The predicted octanol–water partition coefficient (Wildman–Crippen LogP) is 4.16. The van der Waals surface area contributed by atoms with Gasteiger partial charge in [-0.1, -0.05) is 51.2 Å². The summed E-state index contributed by atoms with van der Waals surface area (Å²) >= 11 is 6.34. The summed E-state index contributed by atoms with van der Waals surface area (Å²) in [7, 11) is 0. The second-order valence-electron chi connectivity index (χ2n) is 3.64. The van der Waals surface area contributed by atoms with E-state index in [2.05, 4.69) is 43.6 Å². The van der Waals surface area contributed by atoms with Crippen molar-refractivity contribution in [2.75, 3.05) is 11.9 Å². The molecule has 0 spiro atoms. The molecular weight excluding hydrogens is 362 g/mol. The lowest BCUT2D eigenvalue weighted by Crippen LogP contribution is -2.12. The summed E-state index contributed by atoms with van der Waals surface area (Å²) < 4.78 is 6.63. The van der Waals surface area contributed by atoms with E-state index < -0.39 is 6.09 Å². The monoisotopic (exact) mass is 373 g/mol. The van der Waals surface area contributed by atoms with Crippen LogP contribution >= 0.6 is 39.0 Å². The van der Waals surface area contributed by atoms with Crippen LogP contribution in [0.3, 0.4) is 0 Å². The molecule has 0 radical (unpaired) electrons. The topological polar surface area (TPSA) is 64.1 Å². The summed E-state index contributed by atoms with van der Waals surface area (Å²) in [5.41, 5.74) is 1.19. The van der Waals surface area contributed by atoms with E-state index in [4.69, 9.17) is 4.74 Å². The number of nitrogens with one attached hydrogen (secondary N) is 1. The number of halogens is 1. The Morgan fingerprint density at radius 3 is 3.10 bits per heavy atom. The van der Waals surface area contributed by atoms with Crippen LogP contribution in [-0.4, -0.2) is 22.9 Å². The highest BCUT2D eigenvalue weighted by Gasteiger charge is 2.09. The highest BCUT2D eigenvalue weighted by Crippen LogP contribution is 2.28. The molecule has 0 saturated carbocycles. The summed E-state index contributed by atoms with van der Waals surface area (Å²) in [6.07, 6.45) is -0.507. The summed E-state index contributed by atoms with van der Waals surface area (Å²) in [5.74, 6) is 0.799. The number of ether oxygens (including phenoxy) is 1. The fourth-order valence-electron chi connectivity index (χ4n) is 1.34. The molecule has 5 nitrogen and oxygen atoms in total. The van der Waals surface area contributed by atoms with Crippen molar-refractivity contribution >= 4 is 50.3 Å². The van der Waals surface area contributed by atoms with Crippen LogP contribution in [-0.2, 0) is 10.5 Å². The summed E-state index contributed by atoms with van der Waals surface area (Å²) in [6, 6.07) is 8.09. The maximum atomic E-state index is 11.2. The van der Waals surface area contributed by atoms with Crippen molar-refractivity contribution in [3.05, 3.63) is 34.3 Å². The smallest absolute Gasteiger partial charge is 0.413 e. The zero-order valence-corrected chi connectivity index (χ0v) is 13.8. The highest BCUT2D eigenvalue weighted by atomic mass is 79.9. The molecule has 0 aliphatic rings. The summed E-state index contributed by atoms with van der Waals surface area (Å²) in [4.78, 5) is 11.2. The van der Waals surface area contributed by atoms with Crippen LogP contribution in [0.15, 0.2) is 33.1 Å². The molecule has 0 unspecified atom stereocenters. The lowest BCUT2D eigenvalue weighted by Gasteiger charge is -2.00. The van der Waals surface area contributed by atoms with Crippen molar-refractivity contribution in [2.45, 2.75) is 17.0 Å². The minimum atomic E-state index is -0.507. The molecular formula is C12H12BrN3O2S2. The second-order valence-corrected chi connectivity index (χ2v) is 6.75. The lowest BCUT2D eigenvalue weighted by molar-refractivity contribution is 0.168. The first-order chi connectivity index (χ1) is 9.67. The first kappa shape index (κ1) is 15.3. The van der Waals surface area contributed by atoms with E-state index in [1.165, 1.54) is 16.9 Å². The van der Waals surface area contributed by atoms with Crippen molar-refractivity contribution < 1.29 is 9.53 Å². The third-order valence-electron chi connectivity index (χ3n) is 2.14. The lowest BCUT2D eigenvalue weighted by atomic mass is 10.2. The minimum absolute atomic E-state index is 0.329. The molecule has 0 aliphatic carbocycles. The largest absolute Gasteiger partial charge is 0.450 e. The molecule has 1 N–H and O–H groups in total. The Labute approximate surface area is 133 Å². The van der Waals surface area contributed by atoms with Crippen LogP contribution in [0.5, 0.6) is 0 Å². The van der Waals surface area contributed by atoms with Crippen molar-refractivity contribution in [3.63, 3.8) is 0 Å². The van der Waals surface area contributed by atoms with Gasteiger partial charge in [-0.25, -0.2) is 4.79 Å². The number of amides is 1. The van der Waals surface area contributed by atoms with Gasteiger partial charge < -0.3 is 4.74 Å². The SMILES string of the molecule is CCOC(=O)Nc1nnc(SCc2cccc(Br)c2)s1. The summed E-state index contributed by atoms with van der Waals surface area (Å²) in [5, 5.41) is 10.9. The molecule has 8 heteroatoms. The number of anilines is 1. The van der Waals surface area contributed by atoms with Crippen molar-refractivity contribution in [2.24, 2.45) is 0 Å². The fourth-order valence-corrected chi connectivity index (χ4v) is 3.47. The second kappa shape index (κ2) is 7.61. The maximum Gasteiger partial charge on any atom is 0.413 e. The number of aromatic nitrogens is 2. The van der Waals surface area contributed by atoms with Gasteiger partial charge in [-0.15, -0.1) is 10.2 Å². The van der Waals surface area contributed by atoms with Crippen LogP contribution in [0.4, 0.5) is 9.93 Å². The van der Waals surface area contributed by atoms with Gasteiger partial charge >= 0.3 is 6.09 Å². The standard InChI is InChI=1S/C12H12BrN3O2S2/c1-2-18-11(17)14-10-15-16-12(20-10)19-7-8-4-3-5-9(13)6-8/h3-6H,2,7H2,1H3,(H,14,15,17). The number of carbonyl (C=O) groups is 1. The Morgan fingerprint density at radius 1 is 1.50 bits per heavy atom. The zero-order valence-electron chi connectivity index (χ0n) is 10.6. The Hall–Kier alpha value is -1.12. The highest BCUT2D eigenvalue weighted by molar-refractivity contribution is 9.10. The van der Waals surface area contributed by atoms with Crippen molar-refractivity contribution in [1.82, 2.24) is 10.2 Å². The van der Waals surface area contributed by atoms with E-state index in [0.717, 1.165) is 14.6 Å². The molecule has 1 aromatic heterocycles. The van der Waals surface area contributed by atoms with Crippen molar-refractivity contribution in [3.8, 4) is 0 Å². The van der Waals surface area contributed by atoms with Crippen LogP contribution in [0.25, 0.3) is 0 Å². The molecule has 106 valence electrons. The molecule has 0 bridgehead atoms. The van der Waals surface area contributed by atoms with Gasteiger partial charge in [0.1, 0.15) is 0 Å². The average molecular weight is 374 g/mol. The van der Waals surface area contributed by atoms with E-state index in [9.17, 15) is 4.79 Å². The van der Waals surface area contributed by atoms with Gasteiger partial charge in [0.15, 0.2) is 4.34 Å². The van der Waals surface area contributed by atoms with Gasteiger partial charge in [0, 0.05) is 10.2 Å². The quantitative estimate of drug-likeness (QED) is 0.629. The van der Waals surface area contributed by atoms with Gasteiger partial charge in [0.25, 0.3) is 0 Å². The Bertz CT molecular complexity index is 592. The first-order valence-corrected chi connectivity index (χ1v) is 8.41. The number of hydrogen-bond donors (Lipinski definition) is 1. The molecule has 0 aliphatic heterocycles. The number of carbonyl (C=O) groups excluding carboxylic acids is 1. The maximum absolute atomic E-state index is 11.2. The van der Waals surface area contributed by atoms with Crippen LogP contribution < -0.4 is 5.32 Å². The van der Waals surface area contributed by atoms with Crippen LogP contribution in [0.2, 0.25) is 0 Å². The molecule has 0 atom stereocenters. The molecule has 2 rings (SSSR count). The van der Waals surface area contributed by atoms with Gasteiger partial charge in [-0.3, -0.25) is 5.32 Å². The van der Waals surface area contributed by atoms with E-state index in [-0.39, 0.29) is 0 Å². The normalized spacial score (nSPS) is 10.3. The van der Waals surface area contributed by atoms with Gasteiger partial charge in [0.05, 0.1) is 6.61 Å². The number of benzene rings is 1. The molecule has 0 fully saturated rings. The average Bonchev–Trinajstić information content (AvgIpc) is 2.84. The Balaban J connectivity index is 1.88. The molecule has 1 heterocycles. The van der Waals surface area contributed by atoms with Gasteiger partial charge in [-0.05, 0) is 24.6 Å². The molecule has 0 saturated heterocycles. The third kappa shape index (κ3) is 4.77. The Kier molecular flexibility index (Phi) is 5.81. The third-order valence-corrected chi connectivity index (χ3v) is 4.68. The number of hydrogen-bond acceptors (Lipinski definition) is 6. The Morgan fingerprint density at radius 2 is 2.35 bits per heavy atom. The number of thioether (sulfide) groups is 1. The van der Waals surface area contributed by atoms with Gasteiger partial charge in [0.2, 0.25) is 5.13 Å². The first-order valence-electron chi connectivity index (χ1n) is 5.82. The number of rotatable bonds is 5. The van der Waals surface area contributed by atoms with Crippen LogP contribution in [0.1, 0.15) is 12.5 Å². The fraction of sp³-hybridized carbons (Fsp3) is 0.250. The van der Waals surface area contributed by atoms with Crippen LogP contribution in [0, 0.1) is 0 Å². The van der Waals surface area contributed by atoms with E-state index >= 15 is 0 Å². The number of nitrogens with zero attached hydrogens (tertiary/aromatic N) is 2. The van der Waals surface area contributed by atoms with E-state index in [1.807, 2.05) is 12.1 Å². The molecule has 20 heavy (non-hydrogen) atoms. The predicted molar refractivity (Wildman–Crippen MR) is 84.3 cm³/mol. The van der Waals surface area contributed by atoms with Crippen molar-refractivity contribution in [1.29, 1.82) is 0 Å². The summed E-state index contributed by atoms with van der Waals surface area (Å²) in [6.45, 7) is 2.08. The van der Waals surface area contributed by atoms with E-state index in [1.54, 1.807) is 18.7 Å². The van der Waals surface area contributed by atoms with Gasteiger partial charge in [-0.2, -0.15) is 0 Å². The van der Waals surface area contributed by atoms with E-state index in [0.29, 0.717) is 11.7 Å². The zero-order chi connectivity index (χ0) is 14.4. The molecule has 1 amide bonds.